The Bertz CT molecular complexity index is 882. The minimum atomic E-state index is 0.0822. The highest BCUT2D eigenvalue weighted by molar-refractivity contribution is 8.03. The highest BCUT2D eigenvalue weighted by Gasteiger charge is 2.16. The number of nitrogens with zero attached hydrogens (tertiary/aromatic N) is 2. The van der Waals surface area contributed by atoms with Gasteiger partial charge in [0.15, 0.2) is 0 Å². The smallest absolute Gasteiger partial charge is 0.129 e. The number of aliphatic hydroxyl groups excluding tert-OH is 1. The maximum absolute atomic E-state index is 9.49. The van der Waals surface area contributed by atoms with Gasteiger partial charge in [-0.1, -0.05) is 69.0 Å². The van der Waals surface area contributed by atoms with Gasteiger partial charge in [0.25, 0.3) is 0 Å². The Balaban J connectivity index is 3.42. The van der Waals surface area contributed by atoms with E-state index in [1.54, 1.807) is 18.8 Å². The van der Waals surface area contributed by atoms with Crippen molar-refractivity contribution in [2.45, 2.75) is 70.2 Å². The summed E-state index contributed by atoms with van der Waals surface area (Å²) in [4.78, 5) is 10.4. The summed E-state index contributed by atoms with van der Waals surface area (Å²) in [5.41, 5.74) is 10.9. The number of likely N-dealkylation sites (N-methyl/N-ethyl adjacent to an activating group) is 1. The zero-order valence-corrected chi connectivity index (χ0v) is 22.0. The van der Waals surface area contributed by atoms with Crippen LogP contribution in [0.1, 0.15) is 64.9 Å². The van der Waals surface area contributed by atoms with Crippen molar-refractivity contribution >= 4 is 23.9 Å². The highest BCUT2D eigenvalue weighted by Crippen LogP contribution is 2.38. The molecule has 0 spiro atoms. The lowest BCUT2D eigenvalue weighted by atomic mass is 9.99. The van der Waals surface area contributed by atoms with Gasteiger partial charge < -0.3 is 16.2 Å². The summed E-state index contributed by atoms with van der Waals surface area (Å²) >= 11 is 1.69. The van der Waals surface area contributed by atoms with E-state index >= 15 is 0 Å². The van der Waals surface area contributed by atoms with Crippen LogP contribution < -0.4 is 11.1 Å². The topological polar surface area (TPSA) is 83.0 Å². The molecule has 0 fully saturated rings. The SMILES string of the molecule is C=C(Sc1ccccc1C(C)CC)C(/C=C(\C)CCC(CO)NC)=C(CC)\C(N)=N/C=N\C. The summed E-state index contributed by atoms with van der Waals surface area (Å²) in [7, 11) is 3.55. The minimum Gasteiger partial charge on any atom is -0.395 e. The molecule has 0 heterocycles. The number of benzene rings is 1. The predicted molar refractivity (Wildman–Crippen MR) is 146 cm³/mol. The van der Waals surface area contributed by atoms with Gasteiger partial charge in [0.2, 0.25) is 0 Å². The van der Waals surface area contributed by atoms with Crippen molar-refractivity contribution in [3.63, 3.8) is 0 Å². The Morgan fingerprint density at radius 3 is 2.58 bits per heavy atom. The van der Waals surface area contributed by atoms with E-state index < -0.39 is 0 Å². The molecule has 0 saturated carbocycles. The summed E-state index contributed by atoms with van der Waals surface area (Å²) in [5, 5.41) is 12.6. The number of nitrogens with two attached hydrogens (primary N) is 1. The van der Waals surface area contributed by atoms with E-state index in [9.17, 15) is 5.11 Å². The van der Waals surface area contributed by atoms with Crippen LogP contribution in [0.3, 0.4) is 0 Å². The van der Waals surface area contributed by atoms with Crippen molar-refractivity contribution in [1.29, 1.82) is 0 Å². The lowest BCUT2D eigenvalue weighted by Gasteiger charge is -2.18. The van der Waals surface area contributed by atoms with Gasteiger partial charge in [-0.15, -0.1) is 0 Å². The van der Waals surface area contributed by atoms with Gasteiger partial charge in [0, 0.05) is 28.5 Å². The fourth-order valence-corrected chi connectivity index (χ4v) is 4.57. The van der Waals surface area contributed by atoms with E-state index in [2.05, 4.69) is 79.9 Å². The van der Waals surface area contributed by atoms with E-state index in [0.29, 0.717) is 11.8 Å². The van der Waals surface area contributed by atoms with Crippen LogP contribution in [-0.2, 0) is 0 Å². The fourth-order valence-electron chi connectivity index (χ4n) is 3.48. The Hall–Kier alpha value is -2.15. The number of nitrogens with one attached hydrogen (secondary N) is 1. The van der Waals surface area contributed by atoms with Gasteiger partial charge in [-0.3, -0.25) is 4.99 Å². The van der Waals surface area contributed by atoms with Gasteiger partial charge >= 0.3 is 0 Å². The van der Waals surface area contributed by atoms with Crippen molar-refractivity contribution in [3.8, 4) is 0 Å². The largest absolute Gasteiger partial charge is 0.395 e. The molecule has 2 unspecified atom stereocenters. The second-order valence-electron chi connectivity index (χ2n) is 8.20. The van der Waals surface area contributed by atoms with Crippen LogP contribution in [0.5, 0.6) is 0 Å². The number of allylic oxidation sites excluding steroid dienone is 3. The average molecular weight is 471 g/mol. The zero-order chi connectivity index (χ0) is 24.8. The van der Waals surface area contributed by atoms with E-state index in [4.69, 9.17) is 5.73 Å². The highest BCUT2D eigenvalue weighted by atomic mass is 32.2. The molecule has 0 aliphatic rings. The number of hydrogen-bond acceptors (Lipinski definition) is 4. The summed E-state index contributed by atoms with van der Waals surface area (Å²) < 4.78 is 0. The van der Waals surface area contributed by atoms with Crippen LogP contribution >= 0.6 is 11.8 Å². The number of amidine groups is 1. The molecule has 0 aliphatic heterocycles. The maximum atomic E-state index is 9.49. The molecule has 182 valence electrons. The van der Waals surface area contributed by atoms with E-state index in [1.807, 2.05) is 7.05 Å². The third-order valence-electron chi connectivity index (χ3n) is 5.80. The number of rotatable bonds is 14. The molecule has 0 bridgehead atoms. The van der Waals surface area contributed by atoms with E-state index in [1.165, 1.54) is 22.4 Å². The molecule has 1 aromatic rings. The molecule has 1 aromatic carbocycles. The summed E-state index contributed by atoms with van der Waals surface area (Å²) in [6, 6.07) is 8.62. The van der Waals surface area contributed by atoms with E-state index in [-0.39, 0.29) is 12.6 Å². The first-order valence-electron chi connectivity index (χ1n) is 11.7. The molecule has 0 aromatic heterocycles. The summed E-state index contributed by atoms with van der Waals surface area (Å²) in [6.07, 6.45) is 7.18. The third-order valence-corrected chi connectivity index (χ3v) is 6.86. The van der Waals surface area contributed by atoms with Gasteiger partial charge in [-0.05, 0) is 62.8 Å². The van der Waals surface area contributed by atoms with Crippen LogP contribution in [0.4, 0.5) is 0 Å². The molecule has 1 rings (SSSR count). The van der Waals surface area contributed by atoms with Gasteiger partial charge in [0.05, 0.1) is 6.61 Å². The summed E-state index contributed by atoms with van der Waals surface area (Å²) in [6.45, 7) is 13.2. The van der Waals surface area contributed by atoms with Crippen molar-refractivity contribution in [2.75, 3.05) is 20.7 Å². The first-order chi connectivity index (χ1) is 15.8. The Morgan fingerprint density at radius 1 is 1.30 bits per heavy atom. The fraction of sp³-hybridized carbons (Fsp3) is 0.481. The van der Waals surface area contributed by atoms with Gasteiger partial charge in [0.1, 0.15) is 12.2 Å². The number of aliphatic imine (C=N–C) groups is 2. The number of thioether (sulfide) groups is 1. The lowest BCUT2D eigenvalue weighted by Crippen LogP contribution is -2.28. The first-order valence-corrected chi connectivity index (χ1v) is 12.5. The lowest BCUT2D eigenvalue weighted by molar-refractivity contribution is 0.242. The Morgan fingerprint density at radius 2 is 2.00 bits per heavy atom. The molecule has 0 amide bonds. The molecule has 2 atom stereocenters. The van der Waals surface area contributed by atoms with Crippen LogP contribution in [0, 0.1) is 0 Å². The standard InChI is InChI=1S/C27H42N4OS/c1-8-20(4)24-12-10-11-13-26(24)33-21(5)25(23(9-2)27(28)31-18-29-6)16-19(3)14-15-22(17-32)30-7/h10-13,16,18,20,22,30,32H,5,8-9,14-15,17H2,1-4,6-7H3,(H2,28,29,31)/b19-16+,25-23-. The third kappa shape index (κ3) is 9.32. The van der Waals surface area contributed by atoms with Crippen LogP contribution in [0.15, 0.2) is 73.4 Å². The van der Waals surface area contributed by atoms with Crippen molar-refractivity contribution in [3.05, 3.63) is 64.1 Å². The maximum Gasteiger partial charge on any atom is 0.129 e. The molecule has 0 aliphatic carbocycles. The molecular weight excluding hydrogens is 428 g/mol. The molecule has 4 N–H and O–H groups in total. The number of hydrogen-bond donors (Lipinski definition) is 3. The molecule has 33 heavy (non-hydrogen) atoms. The number of aliphatic hydroxyl groups is 1. The average Bonchev–Trinajstić information content (AvgIpc) is 2.82. The Kier molecular flexibility index (Phi) is 13.7. The van der Waals surface area contributed by atoms with Gasteiger partial charge in [-0.25, -0.2) is 4.99 Å². The quantitative estimate of drug-likeness (QED) is 0.138. The molecule has 5 nitrogen and oxygen atoms in total. The Labute approximate surface area is 205 Å². The second kappa shape index (κ2) is 15.6. The molecule has 0 saturated heterocycles. The van der Waals surface area contributed by atoms with Gasteiger partial charge in [-0.2, -0.15) is 0 Å². The molecule has 0 radical (unpaired) electrons. The van der Waals surface area contributed by atoms with Crippen molar-refractivity contribution in [2.24, 2.45) is 15.7 Å². The van der Waals surface area contributed by atoms with Crippen molar-refractivity contribution < 1.29 is 5.11 Å². The van der Waals surface area contributed by atoms with Crippen molar-refractivity contribution in [1.82, 2.24) is 5.32 Å². The summed E-state index contributed by atoms with van der Waals surface area (Å²) in [5.74, 6) is 0.934. The first kappa shape index (κ1) is 28.9. The minimum absolute atomic E-state index is 0.0822. The zero-order valence-electron chi connectivity index (χ0n) is 21.2. The second-order valence-corrected chi connectivity index (χ2v) is 9.34. The molecular formula is C27H42N4OS. The predicted octanol–water partition coefficient (Wildman–Crippen LogP) is 5.83. The van der Waals surface area contributed by atoms with Crippen LogP contribution in [-0.4, -0.2) is 44.0 Å². The van der Waals surface area contributed by atoms with Crippen LogP contribution in [0.2, 0.25) is 0 Å². The monoisotopic (exact) mass is 470 g/mol. The normalized spacial score (nSPS) is 15.5. The van der Waals surface area contributed by atoms with Crippen LogP contribution in [0.25, 0.3) is 0 Å². The molecule has 6 heteroatoms. The van der Waals surface area contributed by atoms with E-state index in [0.717, 1.165) is 41.7 Å².